The average Bonchev–Trinajstić information content (AvgIpc) is 3.33. The Kier molecular flexibility index (Phi) is 13.0. The molecule has 3 rings (SSSR count). The molecule has 0 bridgehead atoms. The molecule has 32 heavy (non-hydrogen) atoms. The fourth-order valence-electron chi connectivity index (χ4n) is 3.43. The maximum Gasteiger partial charge on any atom is 0.195 e. The summed E-state index contributed by atoms with van der Waals surface area (Å²) in [5, 5.41) is 8.91. The van der Waals surface area contributed by atoms with Gasteiger partial charge in [0.2, 0.25) is 0 Å². The van der Waals surface area contributed by atoms with Crippen molar-refractivity contribution in [2.24, 2.45) is 4.99 Å². The summed E-state index contributed by atoms with van der Waals surface area (Å²) >= 11 is 1.79. The summed E-state index contributed by atoms with van der Waals surface area (Å²) in [5.74, 6) is 1.61. The van der Waals surface area contributed by atoms with Gasteiger partial charge in [-0.15, -0.1) is 35.3 Å². The molecule has 0 spiro atoms. The lowest BCUT2D eigenvalue weighted by Crippen LogP contribution is -2.40. The van der Waals surface area contributed by atoms with Crippen molar-refractivity contribution in [1.82, 2.24) is 10.2 Å². The van der Waals surface area contributed by atoms with E-state index in [2.05, 4.69) is 40.0 Å². The fraction of sp³-hybridized carbons (Fsp3) is 0.522. The Morgan fingerprint density at radius 3 is 2.78 bits per heavy atom. The number of morpholine rings is 1. The summed E-state index contributed by atoms with van der Waals surface area (Å²) in [6, 6.07) is 12.5. The molecule has 1 aliphatic rings. The molecule has 0 amide bonds. The number of anilines is 1. The van der Waals surface area contributed by atoms with Gasteiger partial charge >= 0.3 is 0 Å². The normalized spacial score (nSPS) is 15.6. The summed E-state index contributed by atoms with van der Waals surface area (Å²) in [5.41, 5.74) is 0.947. The summed E-state index contributed by atoms with van der Waals surface area (Å²) in [4.78, 5) is 8.73. The fourth-order valence-corrected chi connectivity index (χ4v) is 4.29. The van der Waals surface area contributed by atoms with Gasteiger partial charge in [0.15, 0.2) is 5.96 Å². The van der Waals surface area contributed by atoms with Crippen LogP contribution in [0.2, 0.25) is 0 Å². The summed E-state index contributed by atoms with van der Waals surface area (Å²) in [6.07, 6.45) is 0.865. The van der Waals surface area contributed by atoms with Gasteiger partial charge in [0.25, 0.3) is 0 Å². The minimum atomic E-state index is 0. The predicted octanol–water partition coefficient (Wildman–Crippen LogP) is 4.23. The number of nitrogens with zero attached hydrogens (tertiary/aromatic N) is 2. The second-order valence-electron chi connectivity index (χ2n) is 7.25. The van der Waals surface area contributed by atoms with E-state index >= 15 is 0 Å². The number of benzene rings is 1. The van der Waals surface area contributed by atoms with E-state index < -0.39 is 0 Å². The average molecular weight is 575 g/mol. The zero-order valence-corrected chi connectivity index (χ0v) is 22.1. The van der Waals surface area contributed by atoms with Crippen molar-refractivity contribution in [1.29, 1.82) is 0 Å². The van der Waals surface area contributed by atoms with E-state index in [1.807, 2.05) is 24.3 Å². The zero-order chi connectivity index (χ0) is 21.7. The molecule has 1 aromatic heterocycles. The molecule has 9 heteroatoms. The highest BCUT2D eigenvalue weighted by Crippen LogP contribution is 2.26. The van der Waals surface area contributed by atoms with Gasteiger partial charge in [0, 0.05) is 56.4 Å². The van der Waals surface area contributed by atoms with Gasteiger partial charge in [-0.1, -0.05) is 12.1 Å². The molecule has 7 nitrogen and oxygen atoms in total. The van der Waals surface area contributed by atoms with Gasteiger partial charge in [-0.3, -0.25) is 9.89 Å². The quantitative estimate of drug-likeness (QED) is 0.181. The van der Waals surface area contributed by atoms with E-state index in [1.54, 1.807) is 18.4 Å². The molecule has 1 atom stereocenters. The molecule has 2 heterocycles. The number of hydrogen-bond donors (Lipinski definition) is 2. The topological polar surface area (TPSA) is 67.4 Å². The molecule has 2 aromatic rings. The minimum Gasteiger partial charge on any atom is -0.493 e. The van der Waals surface area contributed by atoms with Crippen molar-refractivity contribution in [3.63, 3.8) is 0 Å². The van der Waals surface area contributed by atoms with Gasteiger partial charge in [0.05, 0.1) is 32.4 Å². The molecule has 0 radical (unpaired) electrons. The maximum atomic E-state index is 5.82. The van der Waals surface area contributed by atoms with Crippen LogP contribution in [0.25, 0.3) is 0 Å². The summed E-state index contributed by atoms with van der Waals surface area (Å²) in [6.45, 7) is 8.31. The van der Waals surface area contributed by atoms with E-state index in [-0.39, 0.29) is 30.0 Å². The Hall–Kier alpha value is -1.40. The highest BCUT2D eigenvalue weighted by molar-refractivity contribution is 14.0. The molecular formula is C23H35IN4O3S. The van der Waals surface area contributed by atoms with E-state index in [9.17, 15) is 0 Å². The molecule has 0 saturated carbocycles. The highest BCUT2D eigenvalue weighted by atomic mass is 127. The largest absolute Gasteiger partial charge is 0.493 e. The monoisotopic (exact) mass is 574 g/mol. The number of rotatable bonds is 11. The van der Waals surface area contributed by atoms with Gasteiger partial charge in [-0.25, -0.2) is 0 Å². The van der Waals surface area contributed by atoms with Gasteiger partial charge in [-0.05, 0) is 30.5 Å². The Labute approximate surface area is 212 Å². The van der Waals surface area contributed by atoms with Crippen molar-refractivity contribution in [3.8, 4) is 5.75 Å². The standard InChI is InChI=1S/C23H34N4O3S.HI/c1-3-24-23(26-19-7-4-8-20(17-19)30-13-6-12-28-2)25-18-21(22-9-5-16-31-22)27-10-14-29-15-11-27;/h4-5,7-9,16-17,21H,3,6,10-15,18H2,1-2H3,(H2,24,25,26);1H. The number of ether oxygens (including phenoxy) is 3. The summed E-state index contributed by atoms with van der Waals surface area (Å²) in [7, 11) is 1.70. The van der Waals surface area contributed by atoms with Crippen molar-refractivity contribution in [2.45, 2.75) is 19.4 Å². The first-order chi connectivity index (χ1) is 15.3. The third-order valence-corrected chi connectivity index (χ3v) is 5.96. The van der Waals surface area contributed by atoms with Crippen LogP contribution in [0.4, 0.5) is 5.69 Å². The van der Waals surface area contributed by atoms with Crippen LogP contribution in [0.15, 0.2) is 46.8 Å². The highest BCUT2D eigenvalue weighted by Gasteiger charge is 2.23. The molecule has 0 aliphatic carbocycles. The van der Waals surface area contributed by atoms with Crippen molar-refractivity contribution in [3.05, 3.63) is 46.7 Å². The molecule has 1 aromatic carbocycles. The predicted molar refractivity (Wildman–Crippen MR) is 143 cm³/mol. The molecule has 1 saturated heterocycles. The lowest BCUT2D eigenvalue weighted by Gasteiger charge is -2.33. The van der Waals surface area contributed by atoms with Gasteiger partial charge < -0.3 is 24.8 Å². The number of guanidine groups is 1. The third-order valence-electron chi connectivity index (χ3n) is 4.98. The molecule has 2 N–H and O–H groups in total. The van der Waals surface area contributed by atoms with Crippen LogP contribution < -0.4 is 15.4 Å². The number of nitrogens with one attached hydrogen (secondary N) is 2. The van der Waals surface area contributed by atoms with E-state index in [1.165, 1.54) is 4.88 Å². The number of thiophene rings is 1. The number of aliphatic imine (C=N–C) groups is 1. The van der Waals surface area contributed by atoms with Crippen LogP contribution in [-0.4, -0.2) is 70.6 Å². The molecular weight excluding hydrogens is 539 g/mol. The van der Waals surface area contributed by atoms with Gasteiger partial charge in [-0.2, -0.15) is 0 Å². The number of hydrogen-bond acceptors (Lipinski definition) is 6. The smallest absolute Gasteiger partial charge is 0.195 e. The molecule has 1 aliphatic heterocycles. The first-order valence-corrected chi connectivity index (χ1v) is 11.8. The second kappa shape index (κ2) is 15.4. The van der Waals surface area contributed by atoms with E-state index in [0.29, 0.717) is 19.8 Å². The Morgan fingerprint density at radius 2 is 2.06 bits per heavy atom. The van der Waals surface area contributed by atoms with Crippen molar-refractivity contribution in [2.75, 3.05) is 65.0 Å². The Balaban J connectivity index is 0.00000363. The van der Waals surface area contributed by atoms with Crippen LogP contribution in [0.1, 0.15) is 24.3 Å². The zero-order valence-electron chi connectivity index (χ0n) is 18.9. The van der Waals surface area contributed by atoms with E-state index in [0.717, 1.165) is 56.7 Å². The maximum absolute atomic E-state index is 5.82. The second-order valence-corrected chi connectivity index (χ2v) is 8.23. The SMILES string of the molecule is CCNC(=NCC(c1cccs1)N1CCOCC1)Nc1cccc(OCCCOC)c1.I. The Morgan fingerprint density at radius 1 is 1.22 bits per heavy atom. The van der Waals surface area contributed by atoms with Crippen LogP contribution in [0.3, 0.4) is 0 Å². The van der Waals surface area contributed by atoms with Crippen molar-refractivity contribution < 1.29 is 14.2 Å². The molecule has 178 valence electrons. The number of halogens is 1. The Bertz CT molecular complexity index is 785. The minimum absolute atomic E-state index is 0. The van der Waals surface area contributed by atoms with Crippen molar-refractivity contribution >= 4 is 47.0 Å². The first kappa shape index (κ1) is 26.8. The van der Waals surface area contributed by atoms with Crippen LogP contribution >= 0.6 is 35.3 Å². The molecule has 1 fully saturated rings. The van der Waals surface area contributed by atoms with Crippen LogP contribution in [0.5, 0.6) is 5.75 Å². The number of methoxy groups -OCH3 is 1. The van der Waals surface area contributed by atoms with Crippen LogP contribution in [-0.2, 0) is 9.47 Å². The van der Waals surface area contributed by atoms with E-state index in [4.69, 9.17) is 19.2 Å². The molecule has 1 unspecified atom stereocenters. The van der Waals surface area contributed by atoms with Gasteiger partial charge in [0.1, 0.15) is 5.75 Å². The van der Waals surface area contributed by atoms with Crippen LogP contribution in [0, 0.1) is 0 Å². The lowest BCUT2D eigenvalue weighted by molar-refractivity contribution is 0.0187. The first-order valence-electron chi connectivity index (χ1n) is 10.9. The summed E-state index contributed by atoms with van der Waals surface area (Å²) < 4.78 is 16.4. The lowest BCUT2D eigenvalue weighted by atomic mass is 10.2. The third kappa shape index (κ3) is 8.86.